The van der Waals surface area contributed by atoms with Crippen LogP contribution < -0.4 is 0 Å². The molecule has 0 atom stereocenters. The van der Waals surface area contributed by atoms with Crippen LogP contribution in [0.15, 0.2) is 10.6 Å². The standard InChI is InChI=1S/C5H6Br2O2/c1-9-5(8)4(2-6)3-7/h2H,3H2,1H3/b4-2-. The monoisotopic (exact) mass is 256 g/mol. The third-order valence-electron chi connectivity index (χ3n) is 0.723. The normalized spacial score (nSPS) is 11.2. The molecule has 4 heteroatoms. The Bertz CT molecular complexity index is 131. The van der Waals surface area contributed by atoms with E-state index in [-0.39, 0.29) is 5.97 Å². The van der Waals surface area contributed by atoms with Gasteiger partial charge < -0.3 is 4.74 Å². The second-order valence-corrected chi connectivity index (χ2v) is 2.28. The SMILES string of the molecule is COC(=O)/C(=C\Br)CBr. The van der Waals surface area contributed by atoms with Crippen molar-refractivity contribution in [2.75, 3.05) is 12.4 Å². The van der Waals surface area contributed by atoms with E-state index in [1.807, 2.05) is 0 Å². The van der Waals surface area contributed by atoms with Crippen LogP contribution in [0.3, 0.4) is 0 Å². The van der Waals surface area contributed by atoms with Crippen LogP contribution in [0.5, 0.6) is 0 Å². The highest BCUT2D eigenvalue weighted by Crippen LogP contribution is 2.04. The van der Waals surface area contributed by atoms with Crippen molar-refractivity contribution in [3.05, 3.63) is 10.6 Å². The molecule has 0 amide bonds. The molecule has 0 saturated heterocycles. The van der Waals surface area contributed by atoms with Crippen LogP contribution in [0.1, 0.15) is 0 Å². The molecular formula is C5H6Br2O2. The zero-order valence-corrected chi connectivity index (χ0v) is 8.03. The quantitative estimate of drug-likeness (QED) is 0.429. The fourth-order valence-corrected chi connectivity index (χ4v) is 1.43. The summed E-state index contributed by atoms with van der Waals surface area (Å²) in [7, 11) is 1.35. The average molecular weight is 258 g/mol. The maximum Gasteiger partial charge on any atom is 0.335 e. The lowest BCUT2D eigenvalue weighted by Gasteiger charge is -1.96. The van der Waals surface area contributed by atoms with Crippen LogP contribution in [-0.2, 0) is 9.53 Å². The predicted molar refractivity (Wildman–Crippen MR) is 42.8 cm³/mol. The Balaban J connectivity index is 3.97. The van der Waals surface area contributed by atoms with E-state index in [0.29, 0.717) is 10.9 Å². The number of rotatable bonds is 2. The van der Waals surface area contributed by atoms with Crippen molar-refractivity contribution < 1.29 is 9.53 Å². The summed E-state index contributed by atoms with van der Waals surface area (Å²) in [5.41, 5.74) is 0.567. The first-order valence-corrected chi connectivity index (χ1v) is 4.23. The van der Waals surface area contributed by atoms with Gasteiger partial charge in [0.1, 0.15) is 0 Å². The molecule has 0 aromatic heterocycles. The van der Waals surface area contributed by atoms with Gasteiger partial charge in [-0.1, -0.05) is 31.9 Å². The van der Waals surface area contributed by atoms with Gasteiger partial charge in [0.15, 0.2) is 0 Å². The molecule has 52 valence electrons. The maximum absolute atomic E-state index is 10.6. The second kappa shape index (κ2) is 4.99. The van der Waals surface area contributed by atoms with Gasteiger partial charge in [-0.05, 0) is 4.99 Å². The van der Waals surface area contributed by atoms with Crippen molar-refractivity contribution >= 4 is 37.8 Å². The van der Waals surface area contributed by atoms with Crippen molar-refractivity contribution in [2.24, 2.45) is 0 Å². The van der Waals surface area contributed by atoms with Crippen molar-refractivity contribution in [3.63, 3.8) is 0 Å². The Labute approximate surface area is 70.5 Å². The van der Waals surface area contributed by atoms with Crippen molar-refractivity contribution in [3.8, 4) is 0 Å². The number of hydrogen-bond acceptors (Lipinski definition) is 2. The van der Waals surface area contributed by atoms with Gasteiger partial charge in [0.2, 0.25) is 0 Å². The zero-order valence-electron chi connectivity index (χ0n) is 4.86. The number of ether oxygens (including phenoxy) is 1. The topological polar surface area (TPSA) is 26.3 Å². The Morgan fingerprint density at radius 2 is 2.33 bits per heavy atom. The van der Waals surface area contributed by atoms with Crippen LogP contribution in [-0.4, -0.2) is 18.4 Å². The van der Waals surface area contributed by atoms with Gasteiger partial charge in [0.05, 0.1) is 12.7 Å². The molecule has 0 aliphatic heterocycles. The minimum absolute atomic E-state index is 0.316. The van der Waals surface area contributed by atoms with Crippen LogP contribution in [0.25, 0.3) is 0 Å². The summed E-state index contributed by atoms with van der Waals surface area (Å²) >= 11 is 6.14. The van der Waals surface area contributed by atoms with Crippen LogP contribution in [0, 0.1) is 0 Å². The van der Waals surface area contributed by atoms with Crippen molar-refractivity contribution in [2.45, 2.75) is 0 Å². The van der Waals surface area contributed by atoms with E-state index in [2.05, 4.69) is 36.6 Å². The number of halogens is 2. The molecule has 0 aromatic rings. The minimum Gasteiger partial charge on any atom is -0.466 e. The molecule has 0 radical (unpaired) electrons. The number of methoxy groups -OCH3 is 1. The van der Waals surface area contributed by atoms with Gasteiger partial charge in [-0.3, -0.25) is 0 Å². The lowest BCUT2D eigenvalue weighted by atomic mass is 10.4. The molecule has 0 rings (SSSR count). The fourth-order valence-electron chi connectivity index (χ4n) is 0.259. The van der Waals surface area contributed by atoms with Gasteiger partial charge >= 0.3 is 5.97 Å². The Hall–Kier alpha value is 0.170. The smallest absolute Gasteiger partial charge is 0.335 e. The van der Waals surface area contributed by atoms with E-state index in [9.17, 15) is 4.79 Å². The van der Waals surface area contributed by atoms with Crippen molar-refractivity contribution in [1.82, 2.24) is 0 Å². The predicted octanol–water partition coefficient (Wildman–Crippen LogP) is 1.83. The third kappa shape index (κ3) is 3.01. The Kier molecular flexibility index (Phi) is 5.09. The summed E-state index contributed by atoms with van der Waals surface area (Å²) in [6.07, 6.45) is 0. The largest absolute Gasteiger partial charge is 0.466 e. The molecule has 0 unspecified atom stereocenters. The van der Waals surface area contributed by atoms with E-state index in [1.54, 1.807) is 0 Å². The molecule has 9 heavy (non-hydrogen) atoms. The third-order valence-corrected chi connectivity index (χ3v) is 1.88. The van der Waals surface area contributed by atoms with Gasteiger partial charge in [0.25, 0.3) is 0 Å². The molecule has 0 heterocycles. The lowest BCUT2D eigenvalue weighted by Crippen LogP contribution is -2.04. The summed E-state index contributed by atoms with van der Waals surface area (Å²) in [4.78, 5) is 12.2. The molecule has 0 bridgehead atoms. The first kappa shape index (κ1) is 9.17. The molecule has 0 aliphatic rings. The fraction of sp³-hybridized carbons (Fsp3) is 0.400. The lowest BCUT2D eigenvalue weighted by molar-refractivity contribution is -0.135. The number of hydrogen-bond donors (Lipinski definition) is 0. The highest BCUT2D eigenvalue weighted by Gasteiger charge is 2.04. The second-order valence-electron chi connectivity index (χ2n) is 1.26. The van der Waals surface area contributed by atoms with Crippen LogP contribution >= 0.6 is 31.9 Å². The number of carbonyl (C=O) groups is 1. The number of carbonyl (C=O) groups excluding carboxylic acids is 1. The highest BCUT2D eigenvalue weighted by atomic mass is 79.9. The zero-order chi connectivity index (χ0) is 7.28. The molecule has 0 aromatic carbocycles. The van der Waals surface area contributed by atoms with Crippen molar-refractivity contribution in [1.29, 1.82) is 0 Å². The number of alkyl halides is 1. The highest BCUT2D eigenvalue weighted by molar-refractivity contribution is 9.11. The first-order valence-electron chi connectivity index (χ1n) is 2.19. The van der Waals surface area contributed by atoms with Gasteiger partial charge in [0, 0.05) is 5.33 Å². The summed E-state index contributed by atoms with van der Waals surface area (Å²) in [6, 6.07) is 0. The number of esters is 1. The molecule has 0 spiro atoms. The molecule has 0 aliphatic carbocycles. The van der Waals surface area contributed by atoms with Gasteiger partial charge in [-0.2, -0.15) is 0 Å². The van der Waals surface area contributed by atoms with Crippen LogP contribution in [0.4, 0.5) is 0 Å². The Morgan fingerprint density at radius 1 is 1.78 bits per heavy atom. The molecule has 0 fully saturated rings. The van der Waals surface area contributed by atoms with E-state index in [0.717, 1.165) is 0 Å². The van der Waals surface area contributed by atoms with E-state index in [1.165, 1.54) is 12.1 Å². The Morgan fingerprint density at radius 3 is 2.44 bits per heavy atom. The van der Waals surface area contributed by atoms with E-state index >= 15 is 0 Å². The van der Waals surface area contributed by atoms with E-state index < -0.39 is 0 Å². The molecular weight excluding hydrogens is 252 g/mol. The minimum atomic E-state index is -0.316. The van der Waals surface area contributed by atoms with E-state index in [4.69, 9.17) is 0 Å². The van der Waals surface area contributed by atoms with Gasteiger partial charge in [-0.15, -0.1) is 0 Å². The maximum atomic E-state index is 10.6. The van der Waals surface area contributed by atoms with Crippen LogP contribution in [0.2, 0.25) is 0 Å². The molecule has 0 N–H and O–H groups in total. The molecule has 0 saturated carbocycles. The summed E-state index contributed by atoms with van der Waals surface area (Å²) in [5, 5.41) is 0.505. The first-order chi connectivity index (χ1) is 4.26. The molecule has 2 nitrogen and oxygen atoms in total. The summed E-state index contributed by atoms with van der Waals surface area (Å²) < 4.78 is 4.43. The van der Waals surface area contributed by atoms with Gasteiger partial charge in [-0.25, -0.2) is 4.79 Å². The summed E-state index contributed by atoms with van der Waals surface area (Å²) in [6.45, 7) is 0. The summed E-state index contributed by atoms with van der Waals surface area (Å²) in [5.74, 6) is -0.316. The average Bonchev–Trinajstić information content (AvgIpc) is 1.90.